The summed E-state index contributed by atoms with van der Waals surface area (Å²) in [7, 11) is 0. The Hall–Kier alpha value is -0.160. The van der Waals surface area contributed by atoms with Gasteiger partial charge in [-0.25, -0.2) is 0 Å². The molecule has 4 nitrogen and oxygen atoms in total. The predicted octanol–water partition coefficient (Wildman–Crippen LogP) is 1.71. The summed E-state index contributed by atoms with van der Waals surface area (Å²) in [6, 6.07) is 0. The molecule has 0 radical (unpaired) electrons. The molecule has 1 N–H and O–H groups in total. The van der Waals surface area contributed by atoms with E-state index in [0.717, 1.165) is 25.9 Å². The molecule has 0 aromatic rings. The zero-order valence-corrected chi connectivity index (χ0v) is 10.4. The van der Waals surface area contributed by atoms with Gasteiger partial charge in [0.15, 0.2) is 6.29 Å². The Morgan fingerprint density at radius 2 is 2.00 bits per heavy atom. The van der Waals surface area contributed by atoms with E-state index in [0.29, 0.717) is 25.7 Å². The van der Waals surface area contributed by atoms with Crippen LogP contribution in [0.2, 0.25) is 0 Å². The van der Waals surface area contributed by atoms with Gasteiger partial charge >= 0.3 is 0 Å². The van der Waals surface area contributed by atoms with Crippen LogP contribution in [0.25, 0.3) is 0 Å². The summed E-state index contributed by atoms with van der Waals surface area (Å²) in [5, 5.41) is 9.93. The fourth-order valence-electron chi connectivity index (χ4n) is 1.96. The first kappa shape index (κ1) is 13.9. The molecular weight excluding hydrogens is 208 g/mol. The smallest absolute Gasteiger partial charge is 0.183 e. The van der Waals surface area contributed by atoms with Crippen molar-refractivity contribution in [3.05, 3.63) is 0 Å². The quantitative estimate of drug-likeness (QED) is 0.647. The van der Waals surface area contributed by atoms with Gasteiger partial charge in [-0.15, -0.1) is 0 Å². The first-order valence-corrected chi connectivity index (χ1v) is 6.30. The highest BCUT2D eigenvalue weighted by atomic mass is 16.7. The average molecular weight is 232 g/mol. The van der Waals surface area contributed by atoms with Crippen molar-refractivity contribution in [2.45, 2.75) is 58.0 Å². The zero-order chi connectivity index (χ0) is 11.8. The summed E-state index contributed by atoms with van der Waals surface area (Å²) < 4.78 is 16.2. The largest absolute Gasteiger partial charge is 0.388 e. The van der Waals surface area contributed by atoms with Crippen LogP contribution < -0.4 is 0 Å². The molecule has 4 heteroatoms. The highest BCUT2D eigenvalue weighted by Gasteiger charge is 2.22. The third-order valence-electron chi connectivity index (χ3n) is 2.78. The number of hydrogen-bond acceptors (Lipinski definition) is 4. The molecule has 0 amide bonds. The van der Waals surface area contributed by atoms with Crippen molar-refractivity contribution in [3.8, 4) is 0 Å². The van der Waals surface area contributed by atoms with Gasteiger partial charge in [0.1, 0.15) is 6.10 Å². The number of aliphatic hydroxyl groups is 1. The lowest BCUT2D eigenvalue weighted by atomic mass is 10.1. The van der Waals surface area contributed by atoms with E-state index >= 15 is 0 Å². The van der Waals surface area contributed by atoms with Crippen LogP contribution in [0.15, 0.2) is 0 Å². The van der Waals surface area contributed by atoms with E-state index in [1.807, 2.05) is 13.8 Å². The van der Waals surface area contributed by atoms with E-state index in [2.05, 4.69) is 0 Å². The van der Waals surface area contributed by atoms with Crippen molar-refractivity contribution >= 4 is 0 Å². The first-order valence-electron chi connectivity index (χ1n) is 6.30. The Bertz CT molecular complexity index is 162. The Balaban J connectivity index is 2.21. The lowest BCUT2D eigenvalue weighted by Crippen LogP contribution is -2.32. The summed E-state index contributed by atoms with van der Waals surface area (Å²) in [5.41, 5.74) is 0. The van der Waals surface area contributed by atoms with Crippen molar-refractivity contribution in [2.75, 3.05) is 19.8 Å². The van der Waals surface area contributed by atoms with Gasteiger partial charge in [-0.05, 0) is 39.5 Å². The molecule has 0 saturated carbocycles. The molecule has 0 aliphatic carbocycles. The molecule has 0 spiro atoms. The first-order chi connectivity index (χ1) is 7.77. The van der Waals surface area contributed by atoms with Crippen LogP contribution in [0.4, 0.5) is 0 Å². The van der Waals surface area contributed by atoms with Crippen LogP contribution in [-0.4, -0.2) is 43.4 Å². The molecular formula is C12H24O4. The number of rotatable bonds is 8. The van der Waals surface area contributed by atoms with Gasteiger partial charge in [-0.3, -0.25) is 0 Å². The molecule has 1 rings (SSSR count). The third kappa shape index (κ3) is 4.78. The maximum absolute atomic E-state index is 9.93. The van der Waals surface area contributed by atoms with Crippen LogP contribution in [-0.2, 0) is 14.2 Å². The van der Waals surface area contributed by atoms with Gasteiger partial charge in [0, 0.05) is 19.8 Å². The SMILES string of the molecule is CCOC(OCC)C(O)CCC1CCCO1. The van der Waals surface area contributed by atoms with E-state index in [1.54, 1.807) is 0 Å². The molecule has 16 heavy (non-hydrogen) atoms. The zero-order valence-electron chi connectivity index (χ0n) is 10.4. The van der Waals surface area contributed by atoms with E-state index in [9.17, 15) is 5.11 Å². The normalized spacial score (nSPS) is 22.9. The molecule has 1 heterocycles. The minimum atomic E-state index is -0.552. The Kier molecular flexibility index (Phi) is 6.96. The predicted molar refractivity (Wildman–Crippen MR) is 61.3 cm³/mol. The molecule has 2 atom stereocenters. The molecule has 96 valence electrons. The van der Waals surface area contributed by atoms with Crippen molar-refractivity contribution in [1.82, 2.24) is 0 Å². The summed E-state index contributed by atoms with van der Waals surface area (Å²) in [4.78, 5) is 0. The summed E-state index contributed by atoms with van der Waals surface area (Å²) in [6.45, 7) is 5.78. The van der Waals surface area contributed by atoms with Crippen molar-refractivity contribution in [3.63, 3.8) is 0 Å². The Morgan fingerprint density at radius 3 is 2.50 bits per heavy atom. The maximum Gasteiger partial charge on any atom is 0.183 e. The maximum atomic E-state index is 9.93. The molecule has 1 aliphatic heterocycles. The topological polar surface area (TPSA) is 47.9 Å². The standard InChI is InChI=1S/C12H24O4/c1-3-14-12(15-4-2)11(13)8-7-10-6-5-9-16-10/h10-13H,3-9H2,1-2H3. The summed E-state index contributed by atoms with van der Waals surface area (Å²) in [6.07, 6.45) is 3.09. The molecule has 1 aliphatic rings. The van der Waals surface area contributed by atoms with Crippen LogP contribution in [0.3, 0.4) is 0 Å². The molecule has 0 bridgehead atoms. The van der Waals surface area contributed by atoms with Crippen LogP contribution >= 0.6 is 0 Å². The second-order valence-corrected chi connectivity index (χ2v) is 4.06. The monoisotopic (exact) mass is 232 g/mol. The summed E-state index contributed by atoms with van der Waals surface area (Å²) >= 11 is 0. The lowest BCUT2D eigenvalue weighted by molar-refractivity contribution is -0.191. The van der Waals surface area contributed by atoms with E-state index in [1.165, 1.54) is 0 Å². The van der Waals surface area contributed by atoms with Crippen molar-refractivity contribution in [2.24, 2.45) is 0 Å². The van der Waals surface area contributed by atoms with Crippen LogP contribution in [0.1, 0.15) is 39.5 Å². The Morgan fingerprint density at radius 1 is 1.31 bits per heavy atom. The molecule has 2 unspecified atom stereocenters. The molecule has 0 aromatic carbocycles. The minimum absolute atomic E-state index is 0.318. The second kappa shape index (κ2) is 8.01. The Labute approximate surface area is 97.9 Å². The summed E-state index contributed by atoms with van der Waals surface area (Å²) in [5.74, 6) is 0. The molecule has 1 fully saturated rings. The van der Waals surface area contributed by atoms with E-state index in [-0.39, 0.29) is 0 Å². The van der Waals surface area contributed by atoms with Gasteiger partial charge in [0.2, 0.25) is 0 Å². The number of hydrogen-bond donors (Lipinski definition) is 1. The van der Waals surface area contributed by atoms with E-state index in [4.69, 9.17) is 14.2 Å². The highest BCUT2D eigenvalue weighted by Crippen LogP contribution is 2.19. The van der Waals surface area contributed by atoms with Crippen molar-refractivity contribution in [1.29, 1.82) is 0 Å². The van der Waals surface area contributed by atoms with Gasteiger partial charge in [-0.1, -0.05) is 0 Å². The van der Waals surface area contributed by atoms with Gasteiger partial charge < -0.3 is 19.3 Å². The van der Waals surface area contributed by atoms with Gasteiger partial charge in [0.25, 0.3) is 0 Å². The number of aliphatic hydroxyl groups excluding tert-OH is 1. The lowest BCUT2D eigenvalue weighted by Gasteiger charge is -2.23. The number of ether oxygens (including phenoxy) is 3. The highest BCUT2D eigenvalue weighted by molar-refractivity contribution is 4.69. The second-order valence-electron chi connectivity index (χ2n) is 4.06. The van der Waals surface area contributed by atoms with Crippen LogP contribution in [0, 0.1) is 0 Å². The van der Waals surface area contributed by atoms with Crippen molar-refractivity contribution < 1.29 is 19.3 Å². The van der Waals surface area contributed by atoms with Crippen LogP contribution in [0.5, 0.6) is 0 Å². The third-order valence-corrected chi connectivity index (χ3v) is 2.78. The van der Waals surface area contributed by atoms with Gasteiger partial charge in [0.05, 0.1) is 6.10 Å². The fraction of sp³-hybridized carbons (Fsp3) is 1.00. The molecule has 0 aromatic heterocycles. The molecule has 1 saturated heterocycles. The van der Waals surface area contributed by atoms with Gasteiger partial charge in [-0.2, -0.15) is 0 Å². The minimum Gasteiger partial charge on any atom is -0.388 e. The fourth-order valence-corrected chi connectivity index (χ4v) is 1.96. The van der Waals surface area contributed by atoms with E-state index < -0.39 is 12.4 Å². The average Bonchev–Trinajstić information content (AvgIpc) is 2.78.